The fraction of sp³-hybridized carbons (Fsp3) is 0.518. The predicted molar refractivity (Wildman–Crippen MR) is 336 cm³/mol. The molecule has 4 atom stereocenters. The lowest BCUT2D eigenvalue weighted by molar-refractivity contribution is 0.0495. The molecule has 23 nitrogen and oxygen atoms in total. The molecular formula is C56H78Cl4N14O9S2. The van der Waals surface area contributed by atoms with Gasteiger partial charge < -0.3 is 40.9 Å². The Hall–Kier alpha value is -5.77. The van der Waals surface area contributed by atoms with Crippen LogP contribution in [0.3, 0.4) is 0 Å². The van der Waals surface area contributed by atoms with Crippen molar-refractivity contribution in [2.24, 2.45) is 5.73 Å². The third kappa shape index (κ3) is 18.9. The van der Waals surface area contributed by atoms with Crippen molar-refractivity contribution >= 4 is 114 Å². The van der Waals surface area contributed by atoms with Gasteiger partial charge in [-0.1, -0.05) is 34.8 Å². The highest BCUT2D eigenvalue weighted by molar-refractivity contribution is 7.92. The summed E-state index contributed by atoms with van der Waals surface area (Å²) in [6.07, 6.45) is 14.8. The van der Waals surface area contributed by atoms with Crippen molar-refractivity contribution in [1.29, 1.82) is 0 Å². The fourth-order valence-electron chi connectivity index (χ4n) is 10.6. The van der Waals surface area contributed by atoms with E-state index in [2.05, 4.69) is 35.1 Å². The summed E-state index contributed by atoms with van der Waals surface area (Å²) in [5, 5.41) is 23.6. The molecule has 4 aliphatic heterocycles. The maximum atomic E-state index is 13.8. The zero-order valence-corrected chi connectivity index (χ0v) is 53.8. The molecule has 0 aliphatic carbocycles. The van der Waals surface area contributed by atoms with Crippen LogP contribution in [0.15, 0.2) is 60.9 Å². The maximum Gasteiger partial charge on any atom is 0.407 e. The van der Waals surface area contributed by atoms with Crippen LogP contribution in [0.5, 0.6) is 0 Å². The SMILES string of the molecule is CC(C)(C)OC(=O)N[C@H]1CCCNC1.CO.Cc1cn2nc([C@@H]3CCCCN3C(=O)c3cc(Cl)ccc3NS(C)(=O)=O)cc2nc1Cl.Cc1cn2nc([C@@H]3CCCCN3C(=O)c3cc(Cl)ccc3NS(C)(=O)=O)cc2nc1N1CCC[C@H](N)C1.Cl. The number of nitrogens with zero attached hydrogens (tertiary/aromatic N) is 9. The highest BCUT2D eigenvalue weighted by atomic mass is 35.5. The Labute approximate surface area is 518 Å². The zero-order valence-electron chi connectivity index (χ0n) is 49.1. The first-order valence-corrected chi connectivity index (χ1v) is 32.8. The molecule has 85 heavy (non-hydrogen) atoms. The van der Waals surface area contributed by atoms with E-state index in [1.165, 1.54) is 24.3 Å². The average Bonchev–Trinajstić information content (AvgIpc) is 2.25. The van der Waals surface area contributed by atoms with Gasteiger partial charge in [-0.05, 0) is 142 Å². The summed E-state index contributed by atoms with van der Waals surface area (Å²) in [6, 6.07) is 12.7. The number of nitrogens with two attached hydrogens (primary N) is 1. The molecule has 4 saturated heterocycles. The Bertz CT molecular complexity index is 3500. The number of alkyl carbamates (subject to hydrolysis) is 1. The standard InChI is InChI=1S/C25H32ClN7O3S.C20H21Cl2N5O3S.C10H20N2O2.CH4O.ClH/c1-16-14-33-23(28-24(16)31-10-5-6-18(27)15-31)13-21(29-33)22-7-3-4-11-32(22)25(34)19-12-17(26)8-9-20(19)30-37(2,35)36;1-12-11-27-18(23-19(12)22)10-16(24-27)17-5-3-4-8-26(17)20(28)14-9-13(21)6-7-15(14)25-31(2,29)30;1-10(2,3)14-9(13)12-8-5-4-6-11-7-8;1-2;/h8-9,12-14,18,22,30H,3-7,10-11,15,27H2,1-2H3;6-7,9-11,17,25H,3-5,8H2,1-2H3;8,11H,4-7H2,1-3H3,(H,12,13);2H,1H3;1H/t18-,22-;17-;8-;;/m000../s1. The van der Waals surface area contributed by atoms with Gasteiger partial charge in [0.25, 0.3) is 11.8 Å². The molecule has 0 spiro atoms. The van der Waals surface area contributed by atoms with Gasteiger partial charge in [-0.25, -0.2) is 40.6 Å². The van der Waals surface area contributed by atoms with Crippen LogP contribution in [0.2, 0.25) is 15.2 Å². The lowest BCUT2D eigenvalue weighted by Gasteiger charge is -2.35. The predicted octanol–water partition coefficient (Wildman–Crippen LogP) is 8.73. The van der Waals surface area contributed by atoms with Crippen molar-refractivity contribution in [3.63, 3.8) is 0 Å². The van der Waals surface area contributed by atoms with Crippen LogP contribution in [0, 0.1) is 13.8 Å². The molecular weight excluding hydrogens is 1220 g/mol. The number of aromatic nitrogens is 6. The summed E-state index contributed by atoms with van der Waals surface area (Å²) in [5.74, 6) is 0.321. The number of carbonyl (C=O) groups is 3. The summed E-state index contributed by atoms with van der Waals surface area (Å²) in [4.78, 5) is 53.7. The van der Waals surface area contributed by atoms with Gasteiger partial charge >= 0.3 is 6.09 Å². The third-order valence-corrected chi connectivity index (χ3v) is 16.2. The second-order valence-corrected chi connectivity index (χ2v) is 27.1. The van der Waals surface area contributed by atoms with Crippen LogP contribution in [0.4, 0.5) is 22.0 Å². The minimum absolute atomic E-state index is 0. The van der Waals surface area contributed by atoms with Crippen LogP contribution < -0.4 is 30.7 Å². The number of sulfonamides is 2. The van der Waals surface area contributed by atoms with E-state index in [0.717, 1.165) is 138 Å². The van der Waals surface area contributed by atoms with Gasteiger partial charge in [0.1, 0.15) is 16.6 Å². The summed E-state index contributed by atoms with van der Waals surface area (Å²) < 4.78 is 60.8. The first-order valence-electron chi connectivity index (χ1n) is 27.9. The number of likely N-dealkylation sites (tertiary alicyclic amines) is 2. The highest BCUT2D eigenvalue weighted by Gasteiger charge is 2.35. The van der Waals surface area contributed by atoms with E-state index in [4.69, 9.17) is 60.5 Å². The van der Waals surface area contributed by atoms with Gasteiger partial charge in [-0.2, -0.15) is 10.2 Å². The number of benzene rings is 2. The Balaban J connectivity index is 0.000000218. The van der Waals surface area contributed by atoms with Crippen LogP contribution in [-0.4, -0.2) is 155 Å². The van der Waals surface area contributed by atoms with Crippen molar-refractivity contribution in [2.75, 3.05) is 73.2 Å². The Morgan fingerprint density at radius 2 is 1.20 bits per heavy atom. The number of hydrogen-bond donors (Lipinski definition) is 6. The number of aliphatic hydroxyl groups is 1. The van der Waals surface area contributed by atoms with Crippen LogP contribution in [0.1, 0.15) is 140 Å². The van der Waals surface area contributed by atoms with Gasteiger partial charge in [0.15, 0.2) is 11.3 Å². The lowest BCUT2D eigenvalue weighted by Crippen LogP contribution is -2.47. The minimum Gasteiger partial charge on any atom is -0.444 e. The van der Waals surface area contributed by atoms with Crippen LogP contribution in [-0.2, 0) is 24.8 Å². The molecule has 0 bridgehead atoms. The summed E-state index contributed by atoms with van der Waals surface area (Å²) in [6.45, 7) is 14.1. The van der Waals surface area contributed by atoms with Crippen molar-refractivity contribution in [3.05, 3.63) is 110 Å². The topological polar surface area (TPSA) is 293 Å². The number of amides is 3. The van der Waals surface area contributed by atoms with Gasteiger partial charge in [0.05, 0.1) is 58.5 Å². The summed E-state index contributed by atoms with van der Waals surface area (Å²) in [5.41, 5.74) is 11.2. The highest BCUT2D eigenvalue weighted by Crippen LogP contribution is 2.37. The Morgan fingerprint density at radius 3 is 1.67 bits per heavy atom. The second-order valence-electron chi connectivity index (χ2n) is 22.4. The molecule has 29 heteroatoms. The van der Waals surface area contributed by atoms with Crippen LogP contribution >= 0.6 is 47.2 Å². The van der Waals surface area contributed by atoms with Crippen LogP contribution in [0.25, 0.3) is 11.3 Å². The second kappa shape index (κ2) is 29.8. The van der Waals surface area contributed by atoms with E-state index in [0.29, 0.717) is 39.6 Å². The van der Waals surface area contributed by atoms with Crippen molar-refractivity contribution in [2.45, 2.75) is 129 Å². The lowest BCUT2D eigenvalue weighted by atomic mass is 9.98. The molecule has 0 radical (unpaired) electrons. The van der Waals surface area contributed by atoms with Gasteiger partial charge in [-0.3, -0.25) is 19.0 Å². The summed E-state index contributed by atoms with van der Waals surface area (Å²) in [7, 11) is -6.15. The van der Waals surface area contributed by atoms with Crippen molar-refractivity contribution < 1.29 is 41.1 Å². The van der Waals surface area contributed by atoms with Gasteiger partial charge in [0, 0.05) is 97.6 Å². The minimum atomic E-state index is -3.58. The molecule has 0 saturated carbocycles. The van der Waals surface area contributed by atoms with Gasteiger partial charge in [-0.15, -0.1) is 12.4 Å². The van der Waals surface area contributed by atoms with Crippen molar-refractivity contribution in [3.8, 4) is 0 Å². The smallest absolute Gasteiger partial charge is 0.407 e. The fourth-order valence-corrected chi connectivity index (χ4v) is 12.2. The first kappa shape index (κ1) is 68.3. The number of halogens is 4. The number of fused-ring (bicyclic) bond motifs is 2. The van der Waals surface area contributed by atoms with E-state index in [1.807, 2.05) is 52.9 Å². The number of nitrogens with one attached hydrogen (secondary N) is 4. The molecule has 4 fully saturated rings. The first-order chi connectivity index (χ1) is 39.7. The zero-order chi connectivity index (χ0) is 61.3. The third-order valence-electron chi connectivity index (χ3n) is 14.2. The average molecular weight is 1300 g/mol. The van der Waals surface area contributed by atoms with E-state index in [9.17, 15) is 31.2 Å². The number of hydrogen-bond acceptors (Lipinski definition) is 16. The molecule has 0 unspecified atom stereocenters. The Morgan fingerprint density at radius 1 is 0.694 bits per heavy atom. The van der Waals surface area contributed by atoms with Crippen molar-refractivity contribution in [1.82, 2.24) is 49.6 Å². The van der Waals surface area contributed by atoms with E-state index in [1.54, 1.807) is 37.2 Å². The summed E-state index contributed by atoms with van der Waals surface area (Å²) >= 11 is 18.5. The van der Waals surface area contributed by atoms with E-state index >= 15 is 0 Å². The van der Waals surface area contributed by atoms with E-state index in [-0.39, 0.29) is 77.0 Å². The molecule has 6 aromatic rings. The quantitative estimate of drug-likeness (QED) is 0.0699. The molecule has 2 aromatic carbocycles. The van der Waals surface area contributed by atoms with Gasteiger partial charge in [0.2, 0.25) is 20.0 Å². The number of carbonyl (C=O) groups excluding carboxylic acids is 3. The number of piperidine rings is 4. The number of anilines is 3. The number of aliphatic hydroxyl groups excluding tert-OH is 1. The molecule has 7 N–H and O–H groups in total. The largest absolute Gasteiger partial charge is 0.444 e. The Kier molecular flexibility index (Phi) is 23.9. The molecule has 3 amide bonds. The molecule has 466 valence electrons. The number of ether oxygens (including phenoxy) is 1. The molecule has 4 aromatic heterocycles. The number of aryl methyl sites for hydroxylation is 2. The monoisotopic (exact) mass is 1290 g/mol. The maximum absolute atomic E-state index is 13.8. The molecule has 4 aliphatic rings. The number of rotatable bonds is 10. The molecule has 8 heterocycles. The molecule has 10 rings (SSSR count). The normalized spacial score (nSPS) is 19.2. The van der Waals surface area contributed by atoms with E-state index < -0.39 is 25.6 Å².